The Morgan fingerprint density at radius 2 is 2.16 bits per heavy atom. The summed E-state index contributed by atoms with van der Waals surface area (Å²) in [5.41, 5.74) is 1.18. The van der Waals surface area contributed by atoms with E-state index in [2.05, 4.69) is 11.3 Å². The number of nitrogens with zero attached hydrogens (tertiary/aromatic N) is 3. The largest absolute Gasteiger partial charge is 0.381 e. The standard InChI is InChI=1S/C14H21N3O2/c1-11-8-15-17(9-11)13-2-5-16(10-13)14(18)12-3-6-19-7-4-12/h8-9,12-13H,2-7,10H2,1H3. The second-order valence-electron chi connectivity index (χ2n) is 5.61. The Morgan fingerprint density at radius 1 is 1.37 bits per heavy atom. The summed E-state index contributed by atoms with van der Waals surface area (Å²) in [6.07, 6.45) is 6.70. The van der Waals surface area contributed by atoms with E-state index in [0.717, 1.165) is 45.6 Å². The van der Waals surface area contributed by atoms with Crippen molar-refractivity contribution in [1.29, 1.82) is 0 Å². The summed E-state index contributed by atoms with van der Waals surface area (Å²) in [7, 11) is 0. The third kappa shape index (κ3) is 2.66. The monoisotopic (exact) mass is 263 g/mol. The Hall–Kier alpha value is -1.36. The van der Waals surface area contributed by atoms with Gasteiger partial charge in [0.1, 0.15) is 0 Å². The van der Waals surface area contributed by atoms with Crippen molar-refractivity contribution < 1.29 is 9.53 Å². The maximum atomic E-state index is 12.4. The van der Waals surface area contributed by atoms with Gasteiger partial charge in [-0.1, -0.05) is 0 Å². The molecule has 0 aromatic carbocycles. The van der Waals surface area contributed by atoms with Crippen LogP contribution >= 0.6 is 0 Å². The topological polar surface area (TPSA) is 47.4 Å². The minimum absolute atomic E-state index is 0.173. The highest BCUT2D eigenvalue weighted by atomic mass is 16.5. The number of aryl methyl sites for hydroxylation is 1. The number of hydrogen-bond acceptors (Lipinski definition) is 3. The fraction of sp³-hybridized carbons (Fsp3) is 0.714. The molecule has 0 aliphatic carbocycles. The summed E-state index contributed by atoms with van der Waals surface area (Å²) in [5.74, 6) is 0.488. The van der Waals surface area contributed by atoms with Crippen LogP contribution in [0.15, 0.2) is 12.4 Å². The van der Waals surface area contributed by atoms with Gasteiger partial charge in [0, 0.05) is 38.4 Å². The number of rotatable bonds is 2. The van der Waals surface area contributed by atoms with E-state index in [1.165, 1.54) is 5.56 Å². The van der Waals surface area contributed by atoms with Gasteiger partial charge in [0.05, 0.1) is 12.2 Å². The maximum Gasteiger partial charge on any atom is 0.225 e. The fourth-order valence-corrected chi connectivity index (χ4v) is 2.99. The molecule has 1 unspecified atom stereocenters. The van der Waals surface area contributed by atoms with E-state index in [0.29, 0.717) is 11.9 Å². The molecule has 1 aromatic rings. The minimum atomic E-state index is 0.173. The van der Waals surface area contributed by atoms with Crippen LogP contribution in [0.3, 0.4) is 0 Å². The van der Waals surface area contributed by atoms with Crippen LogP contribution in [-0.4, -0.2) is 46.9 Å². The van der Waals surface area contributed by atoms with Gasteiger partial charge in [-0.2, -0.15) is 5.10 Å². The molecule has 3 rings (SSSR count). The highest BCUT2D eigenvalue weighted by Gasteiger charge is 2.32. The molecule has 2 aliphatic heterocycles. The van der Waals surface area contributed by atoms with Gasteiger partial charge in [-0.25, -0.2) is 0 Å². The molecule has 1 aromatic heterocycles. The second kappa shape index (κ2) is 5.33. The van der Waals surface area contributed by atoms with Crippen molar-refractivity contribution in [2.24, 2.45) is 5.92 Å². The summed E-state index contributed by atoms with van der Waals surface area (Å²) in [5, 5.41) is 4.36. The van der Waals surface area contributed by atoms with Crippen LogP contribution in [0.25, 0.3) is 0 Å². The first kappa shape index (κ1) is 12.7. The molecular formula is C14H21N3O2. The second-order valence-corrected chi connectivity index (χ2v) is 5.61. The fourth-order valence-electron chi connectivity index (χ4n) is 2.99. The third-order valence-electron chi connectivity index (χ3n) is 4.15. The van der Waals surface area contributed by atoms with Crippen LogP contribution < -0.4 is 0 Å². The van der Waals surface area contributed by atoms with E-state index in [1.54, 1.807) is 0 Å². The SMILES string of the molecule is Cc1cnn(C2CCN(C(=O)C3CCOCC3)C2)c1. The van der Waals surface area contributed by atoms with E-state index < -0.39 is 0 Å². The maximum absolute atomic E-state index is 12.4. The Bertz CT molecular complexity index is 451. The Kier molecular flexibility index (Phi) is 3.55. The van der Waals surface area contributed by atoms with E-state index in [1.807, 2.05) is 22.7 Å². The van der Waals surface area contributed by atoms with Crippen molar-refractivity contribution in [3.05, 3.63) is 18.0 Å². The molecule has 0 N–H and O–H groups in total. The van der Waals surface area contributed by atoms with Crippen LogP contribution in [-0.2, 0) is 9.53 Å². The first-order valence-electron chi connectivity index (χ1n) is 7.11. The van der Waals surface area contributed by atoms with Gasteiger partial charge in [-0.15, -0.1) is 0 Å². The first-order chi connectivity index (χ1) is 9.24. The summed E-state index contributed by atoms with van der Waals surface area (Å²) >= 11 is 0. The average Bonchev–Trinajstić information content (AvgIpc) is 3.07. The zero-order valence-corrected chi connectivity index (χ0v) is 11.4. The summed E-state index contributed by atoms with van der Waals surface area (Å²) in [6.45, 7) is 5.17. The number of aromatic nitrogens is 2. The molecule has 104 valence electrons. The average molecular weight is 263 g/mol. The molecular weight excluding hydrogens is 242 g/mol. The number of hydrogen-bond donors (Lipinski definition) is 0. The summed E-state index contributed by atoms with van der Waals surface area (Å²) in [6, 6.07) is 0.345. The zero-order valence-electron chi connectivity index (χ0n) is 11.4. The van der Waals surface area contributed by atoms with Gasteiger partial charge < -0.3 is 9.64 Å². The van der Waals surface area contributed by atoms with Gasteiger partial charge >= 0.3 is 0 Å². The van der Waals surface area contributed by atoms with Crippen LogP contribution in [0.5, 0.6) is 0 Å². The molecule has 0 radical (unpaired) electrons. The molecule has 1 atom stereocenters. The van der Waals surface area contributed by atoms with Crippen molar-refractivity contribution >= 4 is 5.91 Å². The number of ether oxygens (including phenoxy) is 1. The molecule has 19 heavy (non-hydrogen) atoms. The van der Waals surface area contributed by atoms with Crippen molar-refractivity contribution in [3.8, 4) is 0 Å². The molecule has 2 fully saturated rings. The molecule has 2 aliphatic rings. The predicted molar refractivity (Wildman–Crippen MR) is 70.7 cm³/mol. The Labute approximate surface area is 113 Å². The van der Waals surface area contributed by atoms with Crippen LogP contribution in [0.2, 0.25) is 0 Å². The zero-order chi connectivity index (χ0) is 13.2. The smallest absolute Gasteiger partial charge is 0.225 e. The highest BCUT2D eigenvalue weighted by molar-refractivity contribution is 5.79. The lowest BCUT2D eigenvalue weighted by atomic mass is 9.99. The van der Waals surface area contributed by atoms with Crippen molar-refractivity contribution in [3.63, 3.8) is 0 Å². The quantitative estimate of drug-likeness (QED) is 0.810. The van der Waals surface area contributed by atoms with Gasteiger partial charge in [-0.05, 0) is 31.7 Å². The lowest BCUT2D eigenvalue weighted by Gasteiger charge is -2.26. The number of amides is 1. The molecule has 0 bridgehead atoms. The normalized spacial score (nSPS) is 24.9. The summed E-state index contributed by atoms with van der Waals surface area (Å²) in [4.78, 5) is 14.4. The number of carbonyl (C=O) groups is 1. The van der Waals surface area contributed by atoms with Gasteiger partial charge in [0.2, 0.25) is 5.91 Å². The van der Waals surface area contributed by atoms with E-state index in [-0.39, 0.29) is 5.92 Å². The van der Waals surface area contributed by atoms with Gasteiger partial charge in [0.25, 0.3) is 0 Å². The predicted octanol–water partition coefficient (Wildman–Crippen LogP) is 1.39. The van der Waals surface area contributed by atoms with Crippen molar-refractivity contribution in [1.82, 2.24) is 14.7 Å². The molecule has 3 heterocycles. The minimum Gasteiger partial charge on any atom is -0.381 e. The first-order valence-corrected chi connectivity index (χ1v) is 7.11. The molecule has 2 saturated heterocycles. The molecule has 5 heteroatoms. The van der Waals surface area contributed by atoms with Crippen molar-refractivity contribution in [2.75, 3.05) is 26.3 Å². The van der Waals surface area contributed by atoms with Crippen LogP contribution in [0.4, 0.5) is 0 Å². The molecule has 0 spiro atoms. The lowest BCUT2D eigenvalue weighted by Crippen LogP contribution is -2.37. The Morgan fingerprint density at radius 3 is 2.84 bits per heavy atom. The number of carbonyl (C=O) groups excluding carboxylic acids is 1. The lowest BCUT2D eigenvalue weighted by molar-refractivity contribution is -0.137. The number of likely N-dealkylation sites (tertiary alicyclic amines) is 1. The van der Waals surface area contributed by atoms with Crippen LogP contribution in [0.1, 0.15) is 30.9 Å². The molecule has 0 saturated carbocycles. The van der Waals surface area contributed by atoms with E-state index in [9.17, 15) is 4.79 Å². The Balaban J connectivity index is 1.60. The van der Waals surface area contributed by atoms with Gasteiger partial charge in [-0.3, -0.25) is 9.48 Å². The highest BCUT2D eigenvalue weighted by Crippen LogP contribution is 2.25. The molecule has 1 amide bonds. The summed E-state index contributed by atoms with van der Waals surface area (Å²) < 4.78 is 7.33. The van der Waals surface area contributed by atoms with Crippen molar-refractivity contribution in [2.45, 2.75) is 32.2 Å². The molecule has 5 nitrogen and oxygen atoms in total. The van der Waals surface area contributed by atoms with E-state index >= 15 is 0 Å². The van der Waals surface area contributed by atoms with Gasteiger partial charge in [0.15, 0.2) is 0 Å². The van der Waals surface area contributed by atoms with Crippen LogP contribution in [0, 0.1) is 12.8 Å². The third-order valence-corrected chi connectivity index (χ3v) is 4.15. The van der Waals surface area contributed by atoms with E-state index in [4.69, 9.17) is 4.74 Å².